The second kappa shape index (κ2) is 6.21. The number of halogens is 2. The van der Waals surface area contributed by atoms with Gasteiger partial charge in [0.2, 0.25) is 10.0 Å². The lowest BCUT2D eigenvalue weighted by atomic mass is 10.1. The van der Waals surface area contributed by atoms with E-state index in [-0.39, 0.29) is 28.9 Å². The summed E-state index contributed by atoms with van der Waals surface area (Å²) in [5, 5.41) is 0.215. The molecule has 0 unspecified atom stereocenters. The molecule has 0 bridgehead atoms. The van der Waals surface area contributed by atoms with E-state index in [1.165, 1.54) is 6.07 Å². The van der Waals surface area contributed by atoms with E-state index < -0.39 is 15.6 Å². The van der Waals surface area contributed by atoms with E-state index in [1.54, 1.807) is 26.0 Å². The second-order valence-corrected chi connectivity index (χ2v) is 6.89. The van der Waals surface area contributed by atoms with Crippen molar-refractivity contribution in [2.24, 2.45) is 5.73 Å². The summed E-state index contributed by atoms with van der Waals surface area (Å²) in [6, 6.07) is 4.81. The van der Waals surface area contributed by atoms with Crippen LogP contribution >= 0.6 is 24.0 Å². The highest BCUT2D eigenvalue weighted by atomic mass is 35.5. The first-order valence-electron chi connectivity index (χ1n) is 5.16. The Morgan fingerprint density at radius 1 is 1.39 bits per heavy atom. The molecule has 4 nitrogen and oxygen atoms in total. The summed E-state index contributed by atoms with van der Waals surface area (Å²) in [6.45, 7) is 5.48. The molecular formula is C11H18Cl2N2O2S. The van der Waals surface area contributed by atoms with Gasteiger partial charge in [0.25, 0.3) is 0 Å². The van der Waals surface area contributed by atoms with Crippen molar-refractivity contribution in [2.45, 2.75) is 31.2 Å². The third-order valence-corrected chi connectivity index (χ3v) is 3.98. The highest BCUT2D eigenvalue weighted by Gasteiger charge is 2.20. The van der Waals surface area contributed by atoms with Crippen LogP contribution in [0.5, 0.6) is 0 Å². The lowest BCUT2D eigenvalue weighted by Gasteiger charge is -2.19. The zero-order valence-corrected chi connectivity index (χ0v) is 12.9. The Kier molecular flexibility index (Phi) is 6.10. The molecule has 0 spiro atoms. The summed E-state index contributed by atoms with van der Waals surface area (Å²) < 4.78 is 26.4. The molecule has 0 aliphatic rings. The SMILES string of the molecule is Cc1ccc(S(=O)(=O)NCC(C)(C)N)c(Cl)c1.Cl. The van der Waals surface area contributed by atoms with Gasteiger partial charge in [0.15, 0.2) is 0 Å². The predicted molar refractivity (Wildman–Crippen MR) is 76.9 cm³/mol. The molecule has 0 aliphatic heterocycles. The topological polar surface area (TPSA) is 72.2 Å². The molecule has 0 aromatic heterocycles. The van der Waals surface area contributed by atoms with E-state index >= 15 is 0 Å². The van der Waals surface area contributed by atoms with Crippen LogP contribution in [0.25, 0.3) is 0 Å². The Balaban J connectivity index is 0.00000289. The Hall–Kier alpha value is -0.330. The molecule has 0 radical (unpaired) electrons. The molecule has 0 atom stereocenters. The summed E-state index contributed by atoms with van der Waals surface area (Å²) in [7, 11) is -3.60. The van der Waals surface area contributed by atoms with Crippen molar-refractivity contribution in [3.63, 3.8) is 0 Å². The van der Waals surface area contributed by atoms with Gasteiger partial charge in [-0.1, -0.05) is 17.7 Å². The number of rotatable bonds is 4. The largest absolute Gasteiger partial charge is 0.324 e. The van der Waals surface area contributed by atoms with Crippen molar-refractivity contribution in [3.8, 4) is 0 Å². The molecule has 0 fully saturated rings. The standard InChI is InChI=1S/C11H17ClN2O2S.ClH/c1-8-4-5-10(9(12)6-8)17(15,16)14-7-11(2,3)13;/h4-6,14H,7,13H2,1-3H3;1H. The fourth-order valence-electron chi connectivity index (χ4n) is 1.18. The quantitative estimate of drug-likeness (QED) is 0.894. The maximum absolute atomic E-state index is 12.0. The Morgan fingerprint density at radius 2 is 1.94 bits per heavy atom. The fraction of sp³-hybridized carbons (Fsp3) is 0.455. The molecule has 0 saturated carbocycles. The maximum atomic E-state index is 12.0. The highest BCUT2D eigenvalue weighted by molar-refractivity contribution is 7.89. The van der Waals surface area contributed by atoms with Crippen LogP contribution in [0.4, 0.5) is 0 Å². The first-order valence-corrected chi connectivity index (χ1v) is 7.03. The van der Waals surface area contributed by atoms with Gasteiger partial charge in [0.05, 0.1) is 5.02 Å². The third kappa shape index (κ3) is 5.12. The van der Waals surface area contributed by atoms with Gasteiger partial charge < -0.3 is 5.73 Å². The van der Waals surface area contributed by atoms with E-state index in [0.29, 0.717) is 0 Å². The molecule has 18 heavy (non-hydrogen) atoms. The van der Waals surface area contributed by atoms with Crippen molar-refractivity contribution >= 4 is 34.0 Å². The average Bonchev–Trinajstić information content (AvgIpc) is 2.13. The van der Waals surface area contributed by atoms with Crippen LogP contribution in [0.15, 0.2) is 23.1 Å². The number of sulfonamides is 1. The van der Waals surface area contributed by atoms with Crippen LogP contribution < -0.4 is 10.5 Å². The van der Waals surface area contributed by atoms with Crippen LogP contribution in [-0.4, -0.2) is 20.5 Å². The number of hydrogen-bond acceptors (Lipinski definition) is 3. The van der Waals surface area contributed by atoms with Crippen molar-refractivity contribution in [1.82, 2.24) is 4.72 Å². The first kappa shape index (κ1) is 17.7. The second-order valence-electron chi connectivity index (χ2n) is 4.75. The summed E-state index contributed by atoms with van der Waals surface area (Å²) in [5.74, 6) is 0. The molecule has 104 valence electrons. The van der Waals surface area contributed by atoms with Gasteiger partial charge in [-0.2, -0.15) is 0 Å². The predicted octanol–water partition coefficient (Wildman–Crippen LogP) is 2.09. The molecule has 1 aromatic rings. The third-order valence-electron chi connectivity index (χ3n) is 2.09. The first-order chi connectivity index (χ1) is 7.62. The van der Waals surface area contributed by atoms with Crippen LogP contribution in [0.1, 0.15) is 19.4 Å². The van der Waals surface area contributed by atoms with Crippen LogP contribution in [0.2, 0.25) is 5.02 Å². The van der Waals surface area contributed by atoms with Crippen molar-refractivity contribution < 1.29 is 8.42 Å². The van der Waals surface area contributed by atoms with Crippen molar-refractivity contribution in [3.05, 3.63) is 28.8 Å². The lowest BCUT2D eigenvalue weighted by Crippen LogP contribution is -2.45. The average molecular weight is 313 g/mol. The van der Waals surface area contributed by atoms with E-state index in [9.17, 15) is 8.42 Å². The Morgan fingerprint density at radius 3 is 2.39 bits per heavy atom. The molecular weight excluding hydrogens is 295 g/mol. The van der Waals surface area contributed by atoms with E-state index in [2.05, 4.69) is 4.72 Å². The van der Waals surface area contributed by atoms with Gasteiger partial charge in [0.1, 0.15) is 4.90 Å². The maximum Gasteiger partial charge on any atom is 0.242 e. The smallest absolute Gasteiger partial charge is 0.242 e. The van der Waals surface area contributed by atoms with Gasteiger partial charge in [-0.05, 0) is 38.5 Å². The summed E-state index contributed by atoms with van der Waals surface area (Å²) >= 11 is 5.91. The summed E-state index contributed by atoms with van der Waals surface area (Å²) in [4.78, 5) is 0.0778. The molecule has 7 heteroatoms. The molecule has 0 amide bonds. The number of nitrogens with two attached hydrogens (primary N) is 1. The van der Waals surface area contributed by atoms with Crippen LogP contribution in [0.3, 0.4) is 0 Å². The van der Waals surface area contributed by atoms with Gasteiger partial charge >= 0.3 is 0 Å². The van der Waals surface area contributed by atoms with Crippen LogP contribution in [-0.2, 0) is 10.0 Å². The molecule has 1 aromatic carbocycles. The summed E-state index contributed by atoms with van der Waals surface area (Å²) in [5.41, 5.74) is 6.03. The van der Waals surface area contributed by atoms with E-state index in [4.69, 9.17) is 17.3 Å². The number of nitrogens with one attached hydrogen (secondary N) is 1. The molecule has 0 heterocycles. The number of aryl methyl sites for hydroxylation is 1. The van der Waals surface area contributed by atoms with Crippen LogP contribution in [0, 0.1) is 6.92 Å². The minimum absolute atomic E-state index is 0. The minimum atomic E-state index is -3.60. The van der Waals surface area contributed by atoms with Gasteiger partial charge in [-0.15, -0.1) is 12.4 Å². The molecule has 0 aliphatic carbocycles. The van der Waals surface area contributed by atoms with Crippen molar-refractivity contribution in [2.75, 3.05) is 6.54 Å². The number of hydrogen-bond donors (Lipinski definition) is 2. The van der Waals surface area contributed by atoms with Gasteiger partial charge in [-0.25, -0.2) is 13.1 Å². The summed E-state index contributed by atoms with van der Waals surface area (Å²) in [6.07, 6.45) is 0. The zero-order chi connectivity index (χ0) is 13.3. The normalized spacial score (nSPS) is 12.1. The Labute approximate surface area is 119 Å². The molecule has 3 N–H and O–H groups in total. The van der Waals surface area contributed by atoms with E-state index in [1.807, 2.05) is 6.92 Å². The lowest BCUT2D eigenvalue weighted by molar-refractivity contribution is 0.498. The zero-order valence-electron chi connectivity index (χ0n) is 10.5. The molecule has 1 rings (SSSR count). The van der Waals surface area contributed by atoms with Crippen molar-refractivity contribution in [1.29, 1.82) is 0 Å². The van der Waals surface area contributed by atoms with Gasteiger partial charge in [0, 0.05) is 12.1 Å². The fourth-order valence-corrected chi connectivity index (χ4v) is 3.00. The number of benzene rings is 1. The van der Waals surface area contributed by atoms with Gasteiger partial charge in [-0.3, -0.25) is 0 Å². The monoisotopic (exact) mass is 312 g/mol. The molecule has 0 saturated heterocycles. The highest BCUT2D eigenvalue weighted by Crippen LogP contribution is 2.22. The van der Waals surface area contributed by atoms with E-state index in [0.717, 1.165) is 5.56 Å². The minimum Gasteiger partial charge on any atom is -0.324 e. The Bertz CT molecular complexity index is 510.